The molecular weight excluding hydrogens is 362 g/mol. The van der Waals surface area contributed by atoms with Crippen molar-refractivity contribution in [2.75, 3.05) is 5.32 Å². The highest BCUT2D eigenvalue weighted by molar-refractivity contribution is 7.20. The van der Waals surface area contributed by atoms with E-state index in [-0.39, 0.29) is 5.91 Å². The molecule has 0 saturated carbocycles. The maximum absolute atomic E-state index is 12.9. The van der Waals surface area contributed by atoms with Crippen LogP contribution in [0.15, 0.2) is 97.1 Å². The number of para-hydroxylation sites is 1. The van der Waals surface area contributed by atoms with Gasteiger partial charge < -0.3 is 5.32 Å². The molecule has 0 radical (unpaired) electrons. The Morgan fingerprint density at radius 3 is 2.25 bits per heavy atom. The summed E-state index contributed by atoms with van der Waals surface area (Å²) in [5.41, 5.74) is 2.92. The summed E-state index contributed by atoms with van der Waals surface area (Å²) < 4.78 is 1.12. The predicted molar refractivity (Wildman–Crippen MR) is 119 cm³/mol. The number of carbonyl (C=O) groups excluding carboxylic acids is 1. The van der Waals surface area contributed by atoms with Crippen molar-refractivity contribution in [1.82, 2.24) is 0 Å². The van der Waals surface area contributed by atoms with Crippen molar-refractivity contribution >= 4 is 43.8 Å². The monoisotopic (exact) mass is 379 g/mol. The summed E-state index contributed by atoms with van der Waals surface area (Å²) in [5.74, 6) is -0.0746. The Morgan fingerprint density at radius 1 is 0.679 bits per heavy atom. The Hall–Kier alpha value is -3.43. The molecule has 1 N–H and O–H groups in total. The smallest absolute Gasteiger partial charge is 0.265 e. The number of benzene rings is 4. The van der Waals surface area contributed by atoms with Crippen molar-refractivity contribution < 1.29 is 4.79 Å². The SMILES string of the molecule is O=C(Nc1ccccc1-c1ccc2ccccc2c1)c1cc2ccccc2s1. The molecular formula is C25H17NOS. The number of hydrogen-bond donors (Lipinski definition) is 1. The zero-order chi connectivity index (χ0) is 18.9. The zero-order valence-corrected chi connectivity index (χ0v) is 15.9. The van der Waals surface area contributed by atoms with Crippen LogP contribution in [0, 0.1) is 0 Å². The van der Waals surface area contributed by atoms with Gasteiger partial charge in [0.1, 0.15) is 0 Å². The van der Waals surface area contributed by atoms with E-state index in [2.05, 4.69) is 35.6 Å². The van der Waals surface area contributed by atoms with Gasteiger partial charge in [-0.15, -0.1) is 11.3 Å². The van der Waals surface area contributed by atoms with Crippen molar-refractivity contribution in [2.45, 2.75) is 0 Å². The molecule has 0 aliphatic heterocycles. The summed E-state index contributed by atoms with van der Waals surface area (Å²) in [6.45, 7) is 0. The van der Waals surface area contributed by atoms with Crippen LogP contribution >= 0.6 is 11.3 Å². The molecule has 0 aliphatic rings. The van der Waals surface area contributed by atoms with Crippen LogP contribution in [0.5, 0.6) is 0 Å². The fourth-order valence-corrected chi connectivity index (χ4v) is 4.44. The number of anilines is 1. The van der Waals surface area contributed by atoms with Gasteiger partial charge in [-0.25, -0.2) is 0 Å². The Kier molecular flexibility index (Phi) is 4.15. The Bertz CT molecular complexity index is 1290. The average molecular weight is 379 g/mol. The lowest BCUT2D eigenvalue weighted by molar-refractivity contribution is 0.103. The number of amides is 1. The van der Waals surface area contributed by atoms with Gasteiger partial charge in [0.15, 0.2) is 0 Å². The molecule has 0 unspecified atom stereocenters. The van der Waals surface area contributed by atoms with Gasteiger partial charge >= 0.3 is 0 Å². The quantitative estimate of drug-likeness (QED) is 0.360. The molecule has 1 heterocycles. The van der Waals surface area contributed by atoms with E-state index in [0.717, 1.165) is 31.8 Å². The van der Waals surface area contributed by atoms with Crippen molar-refractivity contribution in [1.29, 1.82) is 0 Å². The van der Waals surface area contributed by atoms with E-state index in [9.17, 15) is 4.79 Å². The third-order valence-electron chi connectivity index (χ3n) is 4.89. The minimum Gasteiger partial charge on any atom is -0.321 e. The molecule has 0 spiro atoms. The molecule has 5 aromatic rings. The maximum atomic E-state index is 12.9. The van der Waals surface area contributed by atoms with E-state index in [4.69, 9.17) is 0 Å². The summed E-state index contributed by atoms with van der Waals surface area (Å²) in [6, 6.07) is 32.7. The van der Waals surface area contributed by atoms with Gasteiger partial charge in [-0.05, 0) is 46.0 Å². The second-order valence-corrected chi connectivity index (χ2v) is 7.79. The Balaban J connectivity index is 1.51. The highest BCUT2D eigenvalue weighted by Crippen LogP contribution is 2.32. The first-order valence-corrected chi connectivity index (χ1v) is 9.98. The van der Waals surface area contributed by atoms with Crippen LogP contribution in [0.2, 0.25) is 0 Å². The fraction of sp³-hybridized carbons (Fsp3) is 0. The zero-order valence-electron chi connectivity index (χ0n) is 15.1. The molecule has 0 bridgehead atoms. The molecule has 0 atom stereocenters. The Morgan fingerprint density at radius 2 is 1.39 bits per heavy atom. The third kappa shape index (κ3) is 3.06. The van der Waals surface area contributed by atoms with Crippen molar-refractivity contribution in [3.8, 4) is 11.1 Å². The molecule has 2 nitrogen and oxygen atoms in total. The predicted octanol–water partition coefficient (Wildman–Crippen LogP) is 6.97. The fourth-order valence-electron chi connectivity index (χ4n) is 3.48. The van der Waals surface area contributed by atoms with Crippen molar-refractivity contribution in [3.63, 3.8) is 0 Å². The minimum absolute atomic E-state index is 0.0746. The molecule has 28 heavy (non-hydrogen) atoms. The van der Waals surface area contributed by atoms with E-state index in [1.54, 1.807) is 0 Å². The summed E-state index contributed by atoms with van der Waals surface area (Å²) in [6.07, 6.45) is 0. The highest BCUT2D eigenvalue weighted by atomic mass is 32.1. The van der Waals surface area contributed by atoms with Crippen LogP contribution < -0.4 is 5.32 Å². The lowest BCUT2D eigenvalue weighted by atomic mass is 10.00. The number of rotatable bonds is 3. The Labute approximate surface area is 167 Å². The number of thiophene rings is 1. The summed E-state index contributed by atoms with van der Waals surface area (Å²) in [7, 11) is 0. The van der Waals surface area contributed by atoms with Gasteiger partial charge in [-0.3, -0.25) is 4.79 Å². The van der Waals surface area contributed by atoms with Crippen LogP contribution in [-0.2, 0) is 0 Å². The molecule has 0 saturated heterocycles. The molecule has 0 fully saturated rings. The molecule has 1 aromatic heterocycles. The molecule has 134 valence electrons. The largest absolute Gasteiger partial charge is 0.321 e. The standard InChI is InChI=1S/C25H17NOS/c27-25(24-16-20-9-3-6-12-23(20)28-24)26-22-11-5-4-10-21(22)19-14-13-17-7-1-2-8-18(17)15-19/h1-16H,(H,26,27). The molecule has 4 aromatic carbocycles. The summed E-state index contributed by atoms with van der Waals surface area (Å²) >= 11 is 1.52. The average Bonchev–Trinajstić information content (AvgIpc) is 3.18. The van der Waals surface area contributed by atoms with Crippen molar-refractivity contribution in [2.24, 2.45) is 0 Å². The number of carbonyl (C=O) groups is 1. The van der Waals surface area contributed by atoms with Crippen LogP contribution in [0.4, 0.5) is 5.69 Å². The maximum Gasteiger partial charge on any atom is 0.265 e. The van der Waals surface area contributed by atoms with Crippen molar-refractivity contribution in [3.05, 3.63) is 102 Å². The van der Waals surface area contributed by atoms with Gasteiger partial charge in [0.25, 0.3) is 5.91 Å². The number of fused-ring (bicyclic) bond motifs is 2. The van der Waals surface area contributed by atoms with Crippen LogP contribution in [0.25, 0.3) is 32.0 Å². The second-order valence-electron chi connectivity index (χ2n) is 6.71. The molecule has 0 aliphatic carbocycles. The normalized spacial score (nSPS) is 11.0. The second kappa shape index (κ2) is 6.95. The van der Waals surface area contributed by atoms with E-state index >= 15 is 0 Å². The lowest BCUT2D eigenvalue weighted by Crippen LogP contribution is -2.10. The first kappa shape index (κ1) is 16.7. The van der Waals surface area contributed by atoms with Crippen LogP contribution in [0.1, 0.15) is 9.67 Å². The van der Waals surface area contributed by atoms with E-state index in [0.29, 0.717) is 0 Å². The lowest BCUT2D eigenvalue weighted by Gasteiger charge is -2.11. The van der Waals surface area contributed by atoms with E-state index in [1.807, 2.05) is 66.7 Å². The van der Waals surface area contributed by atoms with Gasteiger partial charge in [-0.1, -0.05) is 72.8 Å². The van der Waals surface area contributed by atoms with Crippen LogP contribution in [0.3, 0.4) is 0 Å². The van der Waals surface area contributed by atoms with Gasteiger partial charge in [0.2, 0.25) is 0 Å². The van der Waals surface area contributed by atoms with Crippen LogP contribution in [-0.4, -0.2) is 5.91 Å². The highest BCUT2D eigenvalue weighted by Gasteiger charge is 2.13. The summed E-state index contributed by atoms with van der Waals surface area (Å²) in [4.78, 5) is 13.6. The molecule has 5 rings (SSSR count). The van der Waals surface area contributed by atoms with Gasteiger partial charge in [0, 0.05) is 16.0 Å². The van der Waals surface area contributed by atoms with Gasteiger partial charge in [0.05, 0.1) is 4.88 Å². The van der Waals surface area contributed by atoms with E-state index in [1.165, 1.54) is 22.1 Å². The minimum atomic E-state index is -0.0746. The first-order valence-electron chi connectivity index (χ1n) is 9.16. The summed E-state index contributed by atoms with van der Waals surface area (Å²) in [5, 5.41) is 6.60. The first-order chi connectivity index (χ1) is 13.8. The molecule has 3 heteroatoms. The number of hydrogen-bond acceptors (Lipinski definition) is 2. The van der Waals surface area contributed by atoms with Gasteiger partial charge in [-0.2, -0.15) is 0 Å². The topological polar surface area (TPSA) is 29.1 Å². The third-order valence-corrected chi connectivity index (χ3v) is 6.00. The molecule has 1 amide bonds. The van der Waals surface area contributed by atoms with E-state index < -0.39 is 0 Å². The number of nitrogens with one attached hydrogen (secondary N) is 1.